The Morgan fingerprint density at radius 1 is 1.04 bits per heavy atom. The fourth-order valence-corrected chi connectivity index (χ4v) is 4.44. The van der Waals surface area contributed by atoms with Crippen LogP contribution in [0.2, 0.25) is 0 Å². The zero-order chi connectivity index (χ0) is 19.1. The number of nitrogens with zero attached hydrogens (tertiary/aromatic N) is 2. The number of sulfone groups is 1. The molecule has 0 N–H and O–H groups in total. The number of pyridine rings is 1. The average Bonchev–Trinajstić information content (AvgIpc) is 2.61. The molecule has 0 saturated heterocycles. The van der Waals surface area contributed by atoms with E-state index < -0.39 is 9.84 Å². The largest absolute Gasteiger partial charge is 0.311 e. The number of rotatable bonds is 3. The van der Waals surface area contributed by atoms with Gasteiger partial charge in [0, 0.05) is 12.6 Å². The lowest BCUT2D eigenvalue weighted by Gasteiger charge is -2.12. The van der Waals surface area contributed by atoms with Crippen LogP contribution >= 0.6 is 0 Å². The van der Waals surface area contributed by atoms with E-state index in [0.29, 0.717) is 16.8 Å². The fourth-order valence-electron chi connectivity index (χ4n) is 3.00. The molecule has 0 aliphatic heterocycles. The number of hydrogen-bond donors (Lipinski definition) is 0. The highest BCUT2D eigenvalue weighted by Crippen LogP contribution is 2.25. The fraction of sp³-hybridized carbons (Fsp3) is 0.200. The van der Waals surface area contributed by atoms with Crippen molar-refractivity contribution in [3.8, 4) is 0 Å². The van der Waals surface area contributed by atoms with Gasteiger partial charge in [-0.05, 0) is 48.6 Å². The van der Waals surface area contributed by atoms with Crippen molar-refractivity contribution in [3.05, 3.63) is 80.9 Å². The van der Waals surface area contributed by atoms with Gasteiger partial charge in [0.05, 0.1) is 22.7 Å². The maximum absolute atomic E-state index is 12.7. The van der Waals surface area contributed by atoms with Gasteiger partial charge in [-0.2, -0.15) is 0 Å². The summed E-state index contributed by atoms with van der Waals surface area (Å²) >= 11 is 0. The van der Waals surface area contributed by atoms with E-state index >= 15 is 0 Å². The van der Waals surface area contributed by atoms with Crippen LogP contribution in [0.5, 0.6) is 0 Å². The third-order valence-corrected chi connectivity index (χ3v) is 6.21. The van der Waals surface area contributed by atoms with Crippen molar-refractivity contribution in [3.63, 3.8) is 0 Å². The third kappa shape index (κ3) is 3.14. The van der Waals surface area contributed by atoms with Gasteiger partial charge in [-0.3, -0.25) is 4.79 Å². The van der Waals surface area contributed by atoms with Crippen molar-refractivity contribution in [2.24, 2.45) is 7.05 Å². The maximum Gasteiger partial charge on any atom is 0.253 e. The van der Waals surface area contributed by atoms with E-state index in [9.17, 15) is 13.2 Å². The zero-order valence-electron chi connectivity index (χ0n) is 14.8. The van der Waals surface area contributed by atoms with E-state index in [1.54, 1.807) is 24.6 Å². The molecule has 3 aromatic rings. The lowest BCUT2D eigenvalue weighted by molar-refractivity contribution is 0.595. The molecule has 6 heteroatoms. The molecule has 0 bridgehead atoms. The number of aromatic nitrogens is 1. The minimum absolute atomic E-state index is 0.0582. The van der Waals surface area contributed by atoms with E-state index in [-0.39, 0.29) is 16.2 Å². The molecule has 3 rings (SSSR count). The van der Waals surface area contributed by atoms with Crippen LogP contribution in [-0.2, 0) is 22.6 Å². The Morgan fingerprint density at radius 2 is 1.69 bits per heavy atom. The summed E-state index contributed by atoms with van der Waals surface area (Å²) in [5, 5.41) is 0.837. The Hall–Kier alpha value is -2.91. The molecule has 1 aromatic heterocycles. The quantitative estimate of drug-likeness (QED) is 0.665. The minimum atomic E-state index is -3.53. The lowest BCUT2D eigenvalue weighted by atomic mass is 10.0. The summed E-state index contributed by atoms with van der Waals surface area (Å²) in [4.78, 5) is 15.6. The van der Waals surface area contributed by atoms with Crippen LogP contribution < -0.4 is 5.56 Å². The zero-order valence-corrected chi connectivity index (χ0v) is 15.6. The van der Waals surface area contributed by atoms with Crippen molar-refractivity contribution < 1.29 is 8.42 Å². The molecule has 132 valence electrons. The van der Waals surface area contributed by atoms with Crippen LogP contribution in [0.25, 0.3) is 15.7 Å². The highest BCUT2D eigenvalue weighted by Gasteiger charge is 2.17. The van der Waals surface area contributed by atoms with Crippen LogP contribution in [-0.4, -0.2) is 13.0 Å². The molecule has 0 radical (unpaired) electrons. The molecular weight excluding hydrogens is 348 g/mol. The molecule has 2 aromatic carbocycles. The lowest BCUT2D eigenvalue weighted by Crippen LogP contribution is -2.19. The van der Waals surface area contributed by atoms with Gasteiger partial charge < -0.3 is 4.57 Å². The van der Waals surface area contributed by atoms with Gasteiger partial charge >= 0.3 is 0 Å². The summed E-state index contributed by atoms with van der Waals surface area (Å²) < 4.78 is 27.1. The SMILES string of the molecule is [C-]#[N+]c1ccc(S(=O)(=O)Cc2cc3cc(C)c(=O)n(C)c3cc2C)cc1. The van der Waals surface area contributed by atoms with Gasteiger partial charge in [-0.1, -0.05) is 24.3 Å². The molecule has 1 heterocycles. The van der Waals surface area contributed by atoms with E-state index in [0.717, 1.165) is 16.5 Å². The Labute approximate surface area is 152 Å². The van der Waals surface area contributed by atoms with Crippen LogP contribution in [0.15, 0.2) is 52.2 Å². The first-order chi connectivity index (χ1) is 12.2. The first-order valence-electron chi connectivity index (χ1n) is 8.03. The van der Waals surface area contributed by atoms with E-state index in [1.165, 1.54) is 24.3 Å². The highest BCUT2D eigenvalue weighted by atomic mass is 32.2. The summed E-state index contributed by atoms with van der Waals surface area (Å²) in [7, 11) is -1.81. The highest BCUT2D eigenvalue weighted by molar-refractivity contribution is 7.90. The Balaban J connectivity index is 2.07. The molecule has 5 nitrogen and oxygen atoms in total. The normalized spacial score (nSPS) is 11.5. The molecule has 0 aliphatic carbocycles. The Bertz CT molecular complexity index is 1220. The molecule has 0 unspecified atom stereocenters. The van der Waals surface area contributed by atoms with Crippen molar-refractivity contribution in [2.75, 3.05) is 0 Å². The monoisotopic (exact) mass is 366 g/mol. The minimum Gasteiger partial charge on any atom is -0.311 e. The van der Waals surface area contributed by atoms with E-state index in [4.69, 9.17) is 6.57 Å². The van der Waals surface area contributed by atoms with Crippen molar-refractivity contribution >= 4 is 26.4 Å². The number of aryl methyl sites for hydroxylation is 3. The molecule has 0 atom stereocenters. The van der Waals surface area contributed by atoms with Crippen LogP contribution in [0.1, 0.15) is 16.7 Å². The topological polar surface area (TPSA) is 60.5 Å². The van der Waals surface area contributed by atoms with E-state index in [2.05, 4.69) is 4.85 Å². The molecule has 26 heavy (non-hydrogen) atoms. The van der Waals surface area contributed by atoms with Crippen LogP contribution in [0.3, 0.4) is 0 Å². The van der Waals surface area contributed by atoms with Gasteiger partial charge in [0.2, 0.25) is 0 Å². The Morgan fingerprint density at radius 3 is 2.31 bits per heavy atom. The molecule has 0 saturated carbocycles. The average molecular weight is 366 g/mol. The predicted octanol–water partition coefficient (Wildman–Crippen LogP) is 3.68. The molecular formula is C20H18N2O3S. The third-order valence-electron chi connectivity index (χ3n) is 4.53. The first-order valence-corrected chi connectivity index (χ1v) is 9.68. The Kier molecular flexibility index (Phi) is 4.43. The number of fused-ring (bicyclic) bond motifs is 1. The number of benzene rings is 2. The second-order valence-electron chi connectivity index (χ2n) is 6.39. The molecule has 0 amide bonds. The van der Waals surface area contributed by atoms with Crippen molar-refractivity contribution in [1.82, 2.24) is 4.57 Å². The van der Waals surface area contributed by atoms with E-state index in [1.807, 2.05) is 19.1 Å². The number of hydrogen-bond acceptors (Lipinski definition) is 3. The van der Waals surface area contributed by atoms with Gasteiger partial charge in [0.25, 0.3) is 5.56 Å². The second kappa shape index (κ2) is 6.43. The molecule has 0 aliphatic rings. The van der Waals surface area contributed by atoms with Crippen LogP contribution in [0, 0.1) is 20.4 Å². The first kappa shape index (κ1) is 17.9. The van der Waals surface area contributed by atoms with Gasteiger partial charge in [0.1, 0.15) is 0 Å². The summed E-state index contributed by atoms with van der Waals surface area (Å²) in [6.45, 7) is 10.5. The summed E-state index contributed by atoms with van der Waals surface area (Å²) in [5.74, 6) is -0.131. The predicted molar refractivity (Wildman–Crippen MR) is 102 cm³/mol. The standard InChI is InChI=1S/C20H18N2O3S/c1-13-10-19-15(9-14(2)20(23)22(19)4)11-16(13)12-26(24,25)18-7-5-17(21-3)6-8-18/h5-11H,12H2,1-2,4H3. The van der Waals surface area contributed by atoms with Crippen molar-refractivity contribution in [2.45, 2.75) is 24.5 Å². The van der Waals surface area contributed by atoms with Crippen LogP contribution in [0.4, 0.5) is 5.69 Å². The summed E-state index contributed by atoms with van der Waals surface area (Å²) in [6, 6.07) is 11.4. The van der Waals surface area contributed by atoms with Gasteiger partial charge in [-0.15, -0.1) is 0 Å². The summed E-state index contributed by atoms with van der Waals surface area (Å²) in [5.41, 5.74) is 3.26. The summed E-state index contributed by atoms with van der Waals surface area (Å²) in [6.07, 6.45) is 0. The molecule has 0 spiro atoms. The molecule has 0 fully saturated rings. The second-order valence-corrected chi connectivity index (χ2v) is 8.38. The smallest absolute Gasteiger partial charge is 0.253 e. The van der Waals surface area contributed by atoms with Crippen molar-refractivity contribution in [1.29, 1.82) is 0 Å². The van der Waals surface area contributed by atoms with Gasteiger partial charge in [0.15, 0.2) is 15.5 Å². The maximum atomic E-state index is 12.7. The van der Waals surface area contributed by atoms with Gasteiger partial charge in [-0.25, -0.2) is 13.3 Å².